The summed E-state index contributed by atoms with van der Waals surface area (Å²) >= 11 is 1.15. The molecule has 4 aromatic heterocycles. The summed E-state index contributed by atoms with van der Waals surface area (Å²) in [5, 5.41) is 20.2. The normalized spacial score (nSPS) is 10.8. The van der Waals surface area contributed by atoms with E-state index in [9.17, 15) is 20.1 Å². The van der Waals surface area contributed by atoms with Crippen molar-refractivity contribution >= 4 is 32.3 Å². The van der Waals surface area contributed by atoms with E-state index >= 15 is 0 Å². The molecule has 5 rings (SSSR count). The van der Waals surface area contributed by atoms with Crippen molar-refractivity contribution in [2.24, 2.45) is 0 Å². The van der Waals surface area contributed by atoms with Crippen molar-refractivity contribution in [2.45, 2.75) is 13.0 Å². The number of hydrogen-bond donors (Lipinski definition) is 0. The molecule has 0 spiro atoms. The molecule has 9 nitrogen and oxygen atoms in total. The maximum Gasteiger partial charge on any atom is 0.336 e. The molecule has 1 aromatic carbocycles. The molecule has 10 heteroatoms. The van der Waals surface area contributed by atoms with Gasteiger partial charge in [-0.05, 0) is 12.1 Å². The smallest absolute Gasteiger partial charge is 0.336 e. The van der Waals surface area contributed by atoms with Crippen LogP contribution in [0.5, 0.6) is 5.75 Å². The first-order valence-corrected chi connectivity index (χ1v) is 11.3. The van der Waals surface area contributed by atoms with Crippen molar-refractivity contribution in [2.75, 3.05) is 7.11 Å². The van der Waals surface area contributed by atoms with Crippen molar-refractivity contribution in [3.05, 3.63) is 81.5 Å². The van der Waals surface area contributed by atoms with Crippen LogP contribution in [0.4, 0.5) is 0 Å². The molecule has 170 valence electrons. The van der Waals surface area contributed by atoms with Crippen LogP contribution in [0.15, 0.2) is 64.6 Å². The van der Waals surface area contributed by atoms with Crippen LogP contribution in [0.25, 0.3) is 37.1 Å². The molecule has 0 aliphatic heterocycles. The standard InChI is InChI=1S/C25H16N6O3S/c1-34-16-9-18(19(11-27)29-13-16)22-10-20-23(35-22)24(32)31(25(33)30(20)8-4-7-26)21-14-28-12-15-5-2-3-6-17(15)21/h2-3,5-6,9-10,12-14H,4,8H2,1H3. The molecule has 0 amide bonds. The molecule has 0 saturated carbocycles. The highest BCUT2D eigenvalue weighted by atomic mass is 32.1. The van der Waals surface area contributed by atoms with Crippen molar-refractivity contribution in [1.82, 2.24) is 19.1 Å². The third-order valence-corrected chi connectivity index (χ3v) is 6.77. The molecule has 0 saturated heterocycles. The van der Waals surface area contributed by atoms with Crippen LogP contribution in [0, 0.1) is 22.7 Å². The van der Waals surface area contributed by atoms with Gasteiger partial charge in [-0.25, -0.2) is 14.3 Å². The summed E-state index contributed by atoms with van der Waals surface area (Å²) in [5.41, 5.74) is 0.353. The van der Waals surface area contributed by atoms with Gasteiger partial charge in [0.25, 0.3) is 5.56 Å². The minimum absolute atomic E-state index is 0.0797. The predicted octanol–water partition coefficient (Wildman–Crippen LogP) is 3.62. The Hall–Kier alpha value is -4.80. The maximum atomic E-state index is 13.7. The van der Waals surface area contributed by atoms with E-state index in [1.807, 2.05) is 24.3 Å². The van der Waals surface area contributed by atoms with E-state index in [4.69, 9.17) is 4.74 Å². The lowest BCUT2D eigenvalue weighted by Crippen LogP contribution is -2.38. The van der Waals surface area contributed by atoms with Crippen LogP contribution in [-0.4, -0.2) is 26.2 Å². The second-order valence-corrected chi connectivity index (χ2v) is 8.62. The summed E-state index contributed by atoms with van der Waals surface area (Å²) in [5.74, 6) is 0.456. The first-order chi connectivity index (χ1) is 17.1. The highest BCUT2D eigenvalue weighted by Crippen LogP contribution is 2.35. The monoisotopic (exact) mass is 480 g/mol. The van der Waals surface area contributed by atoms with Gasteiger partial charge >= 0.3 is 5.69 Å². The van der Waals surface area contributed by atoms with Crippen LogP contribution in [-0.2, 0) is 6.54 Å². The van der Waals surface area contributed by atoms with E-state index in [0.717, 1.165) is 21.3 Å². The van der Waals surface area contributed by atoms with Crippen molar-refractivity contribution in [3.63, 3.8) is 0 Å². The van der Waals surface area contributed by atoms with Gasteiger partial charge in [0.05, 0.1) is 43.2 Å². The Bertz CT molecular complexity index is 1820. The number of pyridine rings is 2. The zero-order valence-corrected chi connectivity index (χ0v) is 19.2. The number of nitrogens with zero attached hydrogens (tertiary/aromatic N) is 6. The quantitative estimate of drug-likeness (QED) is 0.376. The number of ether oxygens (including phenoxy) is 1. The molecule has 0 bridgehead atoms. The average molecular weight is 481 g/mol. The molecular weight excluding hydrogens is 464 g/mol. The van der Waals surface area contributed by atoms with Gasteiger partial charge in [-0.2, -0.15) is 10.5 Å². The van der Waals surface area contributed by atoms with Gasteiger partial charge in [-0.15, -0.1) is 11.3 Å². The second kappa shape index (κ2) is 8.86. The third kappa shape index (κ3) is 3.62. The first kappa shape index (κ1) is 22.0. The van der Waals surface area contributed by atoms with Gasteiger partial charge in [0, 0.05) is 34.0 Å². The zero-order chi connectivity index (χ0) is 24.5. The number of aromatic nitrogens is 4. The molecule has 5 aromatic rings. The Morgan fingerprint density at radius 1 is 1.11 bits per heavy atom. The molecular formula is C25H16N6O3S. The van der Waals surface area contributed by atoms with E-state index in [2.05, 4.69) is 22.1 Å². The summed E-state index contributed by atoms with van der Waals surface area (Å²) in [6.45, 7) is 0.0992. The highest BCUT2D eigenvalue weighted by Gasteiger charge is 2.21. The maximum absolute atomic E-state index is 13.7. The number of fused-ring (bicyclic) bond motifs is 2. The predicted molar refractivity (Wildman–Crippen MR) is 132 cm³/mol. The third-order valence-electron chi connectivity index (χ3n) is 5.63. The van der Waals surface area contributed by atoms with E-state index in [0.29, 0.717) is 37.5 Å². The minimum Gasteiger partial charge on any atom is -0.495 e. The van der Waals surface area contributed by atoms with Gasteiger partial charge in [0.1, 0.15) is 22.2 Å². The van der Waals surface area contributed by atoms with E-state index < -0.39 is 11.2 Å². The van der Waals surface area contributed by atoms with Crippen LogP contribution in [0.3, 0.4) is 0 Å². The number of hydrogen-bond acceptors (Lipinski definition) is 8. The summed E-state index contributed by atoms with van der Waals surface area (Å²) in [7, 11) is 1.49. The lowest BCUT2D eigenvalue weighted by Gasteiger charge is -2.12. The molecule has 0 radical (unpaired) electrons. The zero-order valence-electron chi connectivity index (χ0n) is 18.4. The summed E-state index contributed by atoms with van der Waals surface area (Å²) in [6.07, 6.45) is 4.67. The van der Waals surface area contributed by atoms with Crippen molar-refractivity contribution < 1.29 is 4.74 Å². The molecule has 0 unspecified atom stereocenters. The number of rotatable bonds is 5. The SMILES string of the molecule is COc1cnc(C#N)c(-c2cc3c(s2)c(=O)n(-c2cncc4ccccc24)c(=O)n3CCC#N)c1. The average Bonchev–Trinajstić information content (AvgIpc) is 3.34. The van der Waals surface area contributed by atoms with Gasteiger partial charge in [0.15, 0.2) is 0 Å². The highest BCUT2D eigenvalue weighted by molar-refractivity contribution is 7.22. The largest absolute Gasteiger partial charge is 0.495 e. The number of nitriles is 2. The Kier molecular flexibility index (Phi) is 5.57. The Morgan fingerprint density at radius 3 is 2.71 bits per heavy atom. The van der Waals surface area contributed by atoms with Gasteiger partial charge in [-0.3, -0.25) is 14.3 Å². The van der Waals surface area contributed by atoms with Gasteiger partial charge < -0.3 is 4.74 Å². The second-order valence-electron chi connectivity index (χ2n) is 7.57. The summed E-state index contributed by atoms with van der Waals surface area (Å²) < 4.78 is 8.09. The van der Waals surface area contributed by atoms with Crippen LogP contribution in [0.2, 0.25) is 0 Å². The number of thiophene rings is 1. The molecule has 0 N–H and O–H groups in total. The minimum atomic E-state index is -0.565. The lowest BCUT2D eigenvalue weighted by atomic mass is 10.1. The van der Waals surface area contributed by atoms with Crippen LogP contribution < -0.4 is 16.0 Å². The number of aryl methyl sites for hydroxylation is 1. The molecule has 0 atom stereocenters. The van der Waals surface area contributed by atoms with Gasteiger partial charge in [-0.1, -0.05) is 24.3 Å². The fraction of sp³-hybridized carbons (Fsp3) is 0.120. The molecule has 0 aliphatic carbocycles. The fourth-order valence-electron chi connectivity index (χ4n) is 3.98. The Labute approximate surface area is 202 Å². The Morgan fingerprint density at radius 2 is 1.94 bits per heavy atom. The number of benzene rings is 1. The Balaban J connectivity index is 1.86. The van der Waals surface area contributed by atoms with Crippen LogP contribution in [0.1, 0.15) is 12.1 Å². The molecule has 4 heterocycles. The molecule has 0 fully saturated rings. The van der Waals surface area contributed by atoms with Crippen LogP contribution >= 0.6 is 11.3 Å². The van der Waals surface area contributed by atoms with E-state index in [-0.39, 0.29) is 18.7 Å². The van der Waals surface area contributed by atoms with Crippen molar-refractivity contribution in [1.29, 1.82) is 10.5 Å². The molecule has 35 heavy (non-hydrogen) atoms. The van der Waals surface area contributed by atoms with E-state index in [1.54, 1.807) is 18.3 Å². The van der Waals surface area contributed by atoms with E-state index in [1.165, 1.54) is 24.1 Å². The molecule has 0 aliphatic rings. The fourth-order valence-corrected chi connectivity index (χ4v) is 5.09. The summed E-state index contributed by atoms with van der Waals surface area (Å²) in [6, 6.07) is 14.8. The first-order valence-electron chi connectivity index (χ1n) is 10.5. The van der Waals surface area contributed by atoms with Gasteiger partial charge in [0.2, 0.25) is 0 Å². The topological polar surface area (TPSA) is 127 Å². The summed E-state index contributed by atoms with van der Waals surface area (Å²) in [4.78, 5) is 36.3. The number of methoxy groups -OCH3 is 1. The lowest BCUT2D eigenvalue weighted by molar-refractivity contribution is 0.413. The van der Waals surface area contributed by atoms with Crippen molar-refractivity contribution in [3.8, 4) is 34.0 Å².